The Hall–Kier alpha value is -3.41. The summed E-state index contributed by atoms with van der Waals surface area (Å²) in [5.41, 5.74) is 1.05. The van der Waals surface area contributed by atoms with E-state index in [-0.39, 0.29) is 17.0 Å². The Morgan fingerprint density at radius 1 is 1.19 bits per heavy atom. The fourth-order valence-electron chi connectivity index (χ4n) is 2.73. The van der Waals surface area contributed by atoms with Crippen molar-refractivity contribution in [2.75, 3.05) is 0 Å². The van der Waals surface area contributed by atoms with Crippen molar-refractivity contribution < 1.29 is 31.8 Å². The monoisotopic (exact) mass is 454 g/mol. The lowest BCUT2D eigenvalue weighted by molar-refractivity contribution is -0.391. The molecule has 0 aliphatic carbocycles. The molecule has 1 aliphatic heterocycles. The second-order valence-corrected chi connectivity index (χ2v) is 7.71. The number of pyridine rings is 1. The standard InChI is InChI=1S/C19H14F4N4O3S/c1-11-10-27(17(31-11)26-16(28)25-9-12-3-2-6-24-8-12)13-4-5-14-15(7-13)30-19(22,23)18(20,21)29-14/h2-8,10H,9H2,1H3,(H,25,28). The van der Waals surface area contributed by atoms with Crippen LogP contribution in [-0.4, -0.2) is 27.8 Å². The molecule has 7 nitrogen and oxygen atoms in total. The minimum Gasteiger partial charge on any atom is -0.421 e. The number of aromatic nitrogens is 2. The van der Waals surface area contributed by atoms with Gasteiger partial charge in [0.2, 0.25) is 0 Å². The van der Waals surface area contributed by atoms with Crippen molar-refractivity contribution in [3.8, 4) is 17.2 Å². The number of rotatable bonds is 3. The number of ether oxygens (including phenoxy) is 2. The van der Waals surface area contributed by atoms with Crippen LogP contribution in [0.15, 0.2) is 53.9 Å². The lowest BCUT2D eigenvalue weighted by atomic mass is 10.2. The highest BCUT2D eigenvalue weighted by molar-refractivity contribution is 7.09. The first-order valence-corrected chi connectivity index (χ1v) is 9.65. The molecule has 1 aromatic carbocycles. The Morgan fingerprint density at radius 3 is 2.65 bits per heavy atom. The van der Waals surface area contributed by atoms with Gasteiger partial charge < -0.3 is 14.8 Å². The molecule has 31 heavy (non-hydrogen) atoms. The molecule has 162 valence electrons. The zero-order valence-electron chi connectivity index (χ0n) is 15.8. The van der Waals surface area contributed by atoms with Gasteiger partial charge in [-0.05, 0) is 30.7 Å². The molecule has 2 amide bonds. The molecule has 4 rings (SSSR count). The predicted molar refractivity (Wildman–Crippen MR) is 102 cm³/mol. The molecular weight excluding hydrogens is 440 g/mol. The lowest BCUT2D eigenvalue weighted by Gasteiger charge is -2.31. The van der Waals surface area contributed by atoms with Gasteiger partial charge in [-0.2, -0.15) is 22.6 Å². The zero-order valence-corrected chi connectivity index (χ0v) is 16.6. The highest BCUT2D eigenvalue weighted by Gasteiger charge is 2.65. The van der Waals surface area contributed by atoms with Gasteiger partial charge in [0.1, 0.15) is 0 Å². The summed E-state index contributed by atoms with van der Waals surface area (Å²) in [4.78, 5) is 21.2. The number of benzene rings is 1. The lowest BCUT2D eigenvalue weighted by Crippen LogP contribution is -2.52. The second-order valence-electron chi connectivity index (χ2n) is 6.49. The van der Waals surface area contributed by atoms with E-state index < -0.39 is 29.7 Å². The van der Waals surface area contributed by atoms with Gasteiger partial charge in [0.05, 0.1) is 5.69 Å². The number of nitrogens with zero attached hydrogens (tertiary/aromatic N) is 3. The average molecular weight is 454 g/mol. The number of halogens is 4. The maximum atomic E-state index is 13.5. The molecule has 2 aromatic heterocycles. The topological polar surface area (TPSA) is 77.7 Å². The van der Waals surface area contributed by atoms with Crippen molar-refractivity contribution >= 4 is 17.4 Å². The molecule has 0 fully saturated rings. The molecule has 12 heteroatoms. The molecule has 3 heterocycles. The maximum absolute atomic E-state index is 13.5. The largest absolute Gasteiger partial charge is 0.507 e. The van der Waals surface area contributed by atoms with Crippen LogP contribution in [0.5, 0.6) is 11.5 Å². The number of hydrogen-bond donors (Lipinski definition) is 1. The summed E-state index contributed by atoms with van der Waals surface area (Å²) in [6.07, 6.45) is -4.79. The second kappa shape index (κ2) is 7.69. The molecule has 0 radical (unpaired) electrons. The Labute approximate surface area is 176 Å². The van der Waals surface area contributed by atoms with E-state index in [4.69, 9.17) is 0 Å². The molecule has 0 saturated heterocycles. The third-order valence-electron chi connectivity index (χ3n) is 4.15. The predicted octanol–water partition coefficient (Wildman–Crippen LogP) is 4.01. The molecule has 1 aliphatic rings. The molecule has 0 bridgehead atoms. The van der Waals surface area contributed by atoms with Gasteiger partial charge in [-0.1, -0.05) is 6.07 Å². The van der Waals surface area contributed by atoms with Gasteiger partial charge >= 0.3 is 18.2 Å². The number of thiazole rings is 1. The smallest absolute Gasteiger partial charge is 0.421 e. The Bertz CT molecular complexity index is 1190. The number of hydrogen-bond acceptors (Lipinski definition) is 5. The van der Waals surface area contributed by atoms with Gasteiger partial charge in [-0.3, -0.25) is 9.55 Å². The first-order chi connectivity index (χ1) is 14.6. The minimum atomic E-state index is -4.83. The van der Waals surface area contributed by atoms with E-state index in [2.05, 4.69) is 24.8 Å². The van der Waals surface area contributed by atoms with Crippen LogP contribution in [-0.2, 0) is 6.54 Å². The third kappa shape index (κ3) is 4.24. The SMILES string of the molecule is Cc1cn(-c2ccc3c(c2)OC(F)(F)C(F)(F)O3)c(=NC(=O)NCc2cccnc2)s1. The highest BCUT2D eigenvalue weighted by atomic mass is 32.1. The summed E-state index contributed by atoms with van der Waals surface area (Å²) in [6, 6.07) is 6.45. The fraction of sp³-hybridized carbons (Fsp3) is 0.211. The summed E-state index contributed by atoms with van der Waals surface area (Å²) in [6.45, 7) is 1.98. The number of aryl methyl sites for hydroxylation is 1. The van der Waals surface area contributed by atoms with Gasteiger partial charge in [0.25, 0.3) is 0 Å². The van der Waals surface area contributed by atoms with Crippen LogP contribution in [0.1, 0.15) is 10.4 Å². The van der Waals surface area contributed by atoms with Gasteiger partial charge in [-0.15, -0.1) is 11.3 Å². The van der Waals surface area contributed by atoms with Gasteiger partial charge in [0, 0.05) is 36.1 Å². The number of carbonyl (C=O) groups is 1. The number of urea groups is 1. The van der Waals surface area contributed by atoms with Crippen molar-refractivity contribution in [1.82, 2.24) is 14.9 Å². The summed E-state index contributed by atoms with van der Waals surface area (Å²) >= 11 is 1.18. The summed E-state index contributed by atoms with van der Waals surface area (Å²) in [7, 11) is 0. The van der Waals surface area contributed by atoms with E-state index in [1.165, 1.54) is 22.0 Å². The van der Waals surface area contributed by atoms with Crippen molar-refractivity contribution in [2.45, 2.75) is 25.7 Å². The summed E-state index contributed by atoms with van der Waals surface area (Å²) in [5.74, 6) is -1.09. The van der Waals surface area contributed by atoms with Gasteiger partial charge in [0.15, 0.2) is 16.3 Å². The Morgan fingerprint density at radius 2 is 1.94 bits per heavy atom. The van der Waals surface area contributed by atoms with Crippen molar-refractivity contribution in [2.24, 2.45) is 4.99 Å². The molecular formula is C19H14F4N4O3S. The number of nitrogens with one attached hydrogen (secondary N) is 1. The Kier molecular flexibility index (Phi) is 5.17. The van der Waals surface area contributed by atoms with E-state index in [1.54, 1.807) is 37.6 Å². The summed E-state index contributed by atoms with van der Waals surface area (Å²) < 4.78 is 63.4. The maximum Gasteiger partial charge on any atom is 0.507 e. The molecule has 3 aromatic rings. The number of fused-ring (bicyclic) bond motifs is 1. The molecule has 1 N–H and O–H groups in total. The van der Waals surface area contributed by atoms with Crippen LogP contribution in [0.25, 0.3) is 5.69 Å². The van der Waals surface area contributed by atoms with Crippen LogP contribution in [0, 0.1) is 6.92 Å². The zero-order chi connectivity index (χ0) is 22.2. The third-order valence-corrected chi connectivity index (χ3v) is 5.05. The number of alkyl halides is 4. The van der Waals surface area contributed by atoms with Crippen LogP contribution >= 0.6 is 11.3 Å². The minimum absolute atomic E-state index is 0.216. The van der Waals surface area contributed by atoms with E-state index in [1.807, 2.05) is 0 Å². The van der Waals surface area contributed by atoms with Crippen molar-refractivity contribution in [1.29, 1.82) is 0 Å². The van der Waals surface area contributed by atoms with E-state index >= 15 is 0 Å². The Balaban J connectivity index is 1.62. The van der Waals surface area contributed by atoms with E-state index in [0.29, 0.717) is 0 Å². The molecule has 0 spiro atoms. The van der Waals surface area contributed by atoms with E-state index in [0.717, 1.165) is 22.6 Å². The molecule has 0 saturated carbocycles. The van der Waals surface area contributed by atoms with Crippen LogP contribution < -0.4 is 19.6 Å². The quantitative estimate of drug-likeness (QED) is 0.607. The van der Waals surface area contributed by atoms with Crippen molar-refractivity contribution in [3.05, 3.63) is 64.2 Å². The normalized spacial score (nSPS) is 16.7. The van der Waals surface area contributed by atoms with Gasteiger partial charge in [-0.25, -0.2) is 4.79 Å². The number of carbonyl (C=O) groups excluding carboxylic acids is 1. The van der Waals surface area contributed by atoms with Crippen LogP contribution in [0.3, 0.4) is 0 Å². The van der Waals surface area contributed by atoms with Crippen molar-refractivity contribution in [3.63, 3.8) is 0 Å². The number of amides is 2. The van der Waals surface area contributed by atoms with Crippen LogP contribution in [0.4, 0.5) is 22.4 Å². The van der Waals surface area contributed by atoms with E-state index in [9.17, 15) is 22.4 Å². The highest BCUT2D eigenvalue weighted by Crippen LogP contribution is 2.47. The molecule has 0 unspecified atom stereocenters. The fourth-order valence-corrected chi connectivity index (χ4v) is 3.56. The first kappa shape index (κ1) is 20.8. The average Bonchev–Trinajstić information content (AvgIpc) is 3.07. The first-order valence-electron chi connectivity index (χ1n) is 8.83. The summed E-state index contributed by atoms with van der Waals surface area (Å²) in [5, 5.41) is 2.63. The van der Waals surface area contributed by atoms with Crippen LogP contribution in [0.2, 0.25) is 0 Å². The molecule has 0 atom stereocenters.